The number of hydrogen-bond donors (Lipinski definition) is 1. The molecule has 1 N–H and O–H groups in total. The van der Waals surface area contributed by atoms with Gasteiger partial charge in [-0.25, -0.2) is 9.37 Å². The summed E-state index contributed by atoms with van der Waals surface area (Å²) in [5.41, 5.74) is 4.34. The maximum atomic E-state index is 13.6. The number of nitrogens with zero attached hydrogens (tertiary/aromatic N) is 2. The molecule has 0 atom stereocenters. The fourth-order valence-corrected chi connectivity index (χ4v) is 2.54. The summed E-state index contributed by atoms with van der Waals surface area (Å²) in [6, 6.07) is 4.81. The summed E-state index contributed by atoms with van der Waals surface area (Å²) < 4.78 is 13.6. The predicted octanol–water partition coefficient (Wildman–Crippen LogP) is 2.65. The van der Waals surface area contributed by atoms with Gasteiger partial charge in [-0.1, -0.05) is 11.8 Å². The van der Waals surface area contributed by atoms with Gasteiger partial charge in [0.15, 0.2) is 0 Å². The van der Waals surface area contributed by atoms with Crippen molar-refractivity contribution in [1.29, 1.82) is 0 Å². The summed E-state index contributed by atoms with van der Waals surface area (Å²) in [5, 5.41) is 10.7. The second-order valence-electron chi connectivity index (χ2n) is 4.78. The molecule has 5 heteroatoms. The lowest BCUT2D eigenvalue weighted by Crippen LogP contribution is -2.17. The highest BCUT2D eigenvalue weighted by Crippen LogP contribution is 2.12. The van der Waals surface area contributed by atoms with Crippen molar-refractivity contribution in [2.24, 2.45) is 0 Å². The molecular formula is C16H17FN2OS. The first-order chi connectivity index (χ1) is 10.2. The minimum Gasteiger partial charge on any atom is -0.395 e. The maximum absolute atomic E-state index is 13.6. The Morgan fingerprint density at radius 3 is 2.90 bits per heavy atom. The summed E-state index contributed by atoms with van der Waals surface area (Å²) in [6.07, 6.45) is 0.398. The largest absolute Gasteiger partial charge is 0.395 e. The molecular weight excluding hydrogens is 287 g/mol. The van der Waals surface area contributed by atoms with E-state index in [0.717, 1.165) is 17.8 Å². The van der Waals surface area contributed by atoms with Gasteiger partial charge < -0.3 is 5.11 Å². The van der Waals surface area contributed by atoms with Gasteiger partial charge in [-0.15, -0.1) is 11.3 Å². The third-order valence-electron chi connectivity index (χ3n) is 2.79. The van der Waals surface area contributed by atoms with Gasteiger partial charge >= 0.3 is 0 Å². The van der Waals surface area contributed by atoms with E-state index in [1.807, 2.05) is 18.5 Å². The van der Waals surface area contributed by atoms with Crippen LogP contribution in [0.25, 0.3) is 0 Å². The van der Waals surface area contributed by atoms with E-state index in [-0.39, 0.29) is 12.4 Å². The third-order valence-corrected chi connectivity index (χ3v) is 3.43. The first-order valence-corrected chi connectivity index (χ1v) is 7.56. The molecule has 0 unspecified atom stereocenters. The standard InChI is InChI=1S/C16H17FN2OS/c1-19(10-16-11-21-12-18-16)9-14-6-13(4-2-3-5-20)7-15(17)8-14/h6-8,11-12,20H,3,5,9-10H2,1H3. The van der Waals surface area contributed by atoms with Gasteiger partial charge in [0.2, 0.25) is 0 Å². The van der Waals surface area contributed by atoms with Crippen LogP contribution >= 0.6 is 11.3 Å². The Morgan fingerprint density at radius 2 is 2.19 bits per heavy atom. The smallest absolute Gasteiger partial charge is 0.124 e. The summed E-state index contributed by atoms with van der Waals surface area (Å²) in [6.45, 7) is 1.38. The van der Waals surface area contributed by atoms with Crippen LogP contribution < -0.4 is 0 Å². The van der Waals surface area contributed by atoms with Crippen LogP contribution in [0.2, 0.25) is 0 Å². The Kier molecular flexibility index (Phi) is 5.88. The molecule has 0 amide bonds. The first-order valence-electron chi connectivity index (χ1n) is 6.62. The molecule has 1 heterocycles. The summed E-state index contributed by atoms with van der Waals surface area (Å²) >= 11 is 1.57. The van der Waals surface area contributed by atoms with Crippen molar-refractivity contribution in [1.82, 2.24) is 9.88 Å². The topological polar surface area (TPSA) is 36.4 Å². The van der Waals surface area contributed by atoms with Crippen molar-refractivity contribution < 1.29 is 9.50 Å². The molecule has 0 fully saturated rings. The van der Waals surface area contributed by atoms with Crippen LogP contribution in [0.15, 0.2) is 29.1 Å². The molecule has 2 rings (SSSR count). The monoisotopic (exact) mass is 304 g/mol. The molecule has 2 aromatic rings. The minimum absolute atomic E-state index is 0.0194. The van der Waals surface area contributed by atoms with Gasteiger partial charge in [0, 0.05) is 30.5 Å². The van der Waals surface area contributed by atoms with Crippen molar-refractivity contribution >= 4 is 11.3 Å². The van der Waals surface area contributed by atoms with E-state index in [1.165, 1.54) is 12.1 Å². The zero-order chi connectivity index (χ0) is 15.1. The quantitative estimate of drug-likeness (QED) is 0.863. The lowest BCUT2D eigenvalue weighted by atomic mass is 10.1. The SMILES string of the molecule is CN(Cc1cc(F)cc(C#CCCO)c1)Cc1cscn1. The van der Waals surface area contributed by atoms with E-state index in [4.69, 9.17) is 5.11 Å². The Labute approximate surface area is 128 Å². The average Bonchev–Trinajstić information content (AvgIpc) is 2.91. The molecule has 0 aliphatic carbocycles. The van der Waals surface area contributed by atoms with Crippen molar-refractivity contribution in [2.75, 3.05) is 13.7 Å². The number of halogens is 1. The number of benzene rings is 1. The summed E-state index contributed by atoms with van der Waals surface area (Å²) in [7, 11) is 1.97. The Hall–Kier alpha value is -1.74. The number of aliphatic hydroxyl groups excluding tert-OH is 1. The van der Waals surface area contributed by atoms with E-state index in [0.29, 0.717) is 18.5 Å². The van der Waals surface area contributed by atoms with Gasteiger partial charge in [0.25, 0.3) is 0 Å². The molecule has 0 aliphatic heterocycles. The highest BCUT2D eigenvalue weighted by Gasteiger charge is 2.05. The molecule has 1 aromatic carbocycles. The molecule has 0 saturated heterocycles. The number of thiazole rings is 1. The van der Waals surface area contributed by atoms with Crippen molar-refractivity contribution in [3.05, 3.63) is 51.7 Å². The molecule has 1 aromatic heterocycles. The normalized spacial score (nSPS) is 10.5. The van der Waals surface area contributed by atoms with Gasteiger partial charge in [-0.2, -0.15) is 0 Å². The van der Waals surface area contributed by atoms with E-state index >= 15 is 0 Å². The van der Waals surface area contributed by atoms with Crippen molar-refractivity contribution in [3.8, 4) is 11.8 Å². The predicted molar refractivity (Wildman–Crippen MR) is 82.3 cm³/mol. The van der Waals surface area contributed by atoms with Crippen molar-refractivity contribution in [2.45, 2.75) is 19.5 Å². The number of rotatable bonds is 5. The molecule has 3 nitrogen and oxygen atoms in total. The number of aromatic nitrogens is 1. The van der Waals surface area contributed by atoms with Crippen LogP contribution in [0.4, 0.5) is 4.39 Å². The summed E-state index contributed by atoms with van der Waals surface area (Å²) in [5.74, 6) is 5.38. The maximum Gasteiger partial charge on any atom is 0.124 e. The first kappa shape index (κ1) is 15.6. The lowest BCUT2D eigenvalue weighted by Gasteiger charge is -2.15. The van der Waals surface area contributed by atoms with Gasteiger partial charge in [-0.3, -0.25) is 4.90 Å². The molecule has 21 heavy (non-hydrogen) atoms. The summed E-state index contributed by atoms with van der Waals surface area (Å²) in [4.78, 5) is 6.32. The molecule has 110 valence electrons. The van der Waals surface area contributed by atoms with Crippen LogP contribution in [0.3, 0.4) is 0 Å². The van der Waals surface area contributed by atoms with Crippen LogP contribution in [-0.4, -0.2) is 28.6 Å². The van der Waals surface area contributed by atoms with Crippen LogP contribution in [0, 0.1) is 17.7 Å². The molecule has 0 bridgehead atoms. The highest BCUT2D eigenvalue weighted by molar-refractivity contribution is 7.07. The number of aliphatic hydroxyl groups is 1. The molecule has 0 aliphatic rings. The Balaban J connectivity index is 2.04. The van der Waals surface area contributed by atoms with Gasteiger partial charge in [0.1, 0.15) is 5.82 Å². The second kappa shape index (κ2) is 7.89. The molecule has 0 saturated carbocycles. The van der Waals surface area contributed by atoms with Gasteiger partial charge in [0.05, 0.1) is 17.8 Å². The van der Waals surface area contributed by atoms with Crippen LogP contribution in [-0.2, 0) is 13.1 Å². The second-order valence-corrected chi connectivity index (χ2v) is 5.49. The van der Waals surface area contributed by atoms with Gasteiger partial charge in [-0.05, 0) is 30.8 Å². The van der Waals surface area contributed by atoms with E-state index in [1.54, 1.807) is 16.8 Å². The van der Waals surface area contributed by atoms with Crippen molar-refractivity contribution in [3.63, 3.8) is 0 Å². The molecule has 0 spiro atoms. The van der Waals surface area contributed by atoms with E-state index in [2.05, 4.69) is 21.7 Å². The van der Waals surface area contributed by atoms with E-state index < -0.39 is 0 Å². The van der Waals surface area contributed by atoms with Crippen LogP contribution in [0.5, 0.6) is 0 Å². The average molecular weight is 304 g/mol. The third kappa shape index (κ3) is 5.27. The van der Waals surface area contributed by atoms with Crippen LogP contribution in [0.1, 0.15) is 23.2 Å². The zero-order valence-electron chi connectivity index (χ0n) is 11.8. The fourth-order valence-electron chi connectivity index (χ4n) is 1.99. The lowest BCUT2D eigenvalue weighted by molar-refractivity contribution is 0.305. The fraction of sp³-hybridized carbons (Fsp3) is 0.312. The van der Waals surface area contributed by atoms with E-state index in [9.17, 15) is 4.39 Å². The molecule has 0 radical (unpaired) electrons. The Bertz CT molecular complexity index is 631. The minimum atomic E-state index is -0.289. The number of hydrogen-bond acceptors (Lipinski definition) is 4. The highest BCUT2D eigenvalue weighted by atomic mass is 32.1. The zero-order valence-corrected chi connectivity index (χ0v) is 12.7. The Morgan fingerprint density at radius 1 is 1.33 bits per heavy atom.